The van der Waals surface area contributed by atoms with E-state index in [2.05, 4.69) is 16.3 Å². The number of ether oxygens (including phenoxy) is 2. The maximum Gasteiger partial charge on any atom is 0.322 e. The van der Waals surface area contributed by atoms with Gasteiger partial charge in [-0.1, -0.05) is 0 Å². The zero-order valence-corrected chi connectivity index (χ0v) is 14.7. The maximum atomic E-state index is 12.6. The van der Waals surface area contributed by atoms with Crippen molar-refractivity contribution in [1.29, 1.82) is 0 Å². The number of nitrogens with zero attached hydrogens (tertiary/aromatic N) is 2. The van der Waals surface area contributed by atoms with Gasteiger partial charge < -0.3 is 29.7 Å². The first-order chi connectivity index (χ1) is 12.2. The van der Waals surface area contributed by atoms with Crippen molar-refractivity contribution in [1.82, 2.24) is 4.90 Å². The summed E-state index contributed by atoms with van der Waals surface area (Å²) in [5, 5.41) is 12.2. The fourth-order valence-corrected chi connectivity index (χ4v) is 3.30. The van der Waals surface area contributed by atoms with Crippen LogP contribution in [0.3, 0.4) is 0 Å². The zero-order valence-electron chi connectivity index (χ0n) is 14.7. The van der Waals surface area contributed by atoms with Gasteiger partial charge in [0.05, 0.1) is 32.5 Å². The molecule has 2 aliphatic rings. The second-order valence-corrected chi connectivity index (χ2v) is 6.46. The lowest BCUT2D eigenvalue weighted by Gasteiger charge is -2.35. The van der Waals surface area contributed by atoms with Gasteiger partial charge in [0.15, 0.2) is 0 Å². The highest BCUT2D eigenvalue weighted by Gasteiger charge is 2.27. The molecule has 1 aromatic carbocycles. The van der Waals surface area contributed by atoms with Gasteiger partial charge >= 0.3 is 6.03 Å². The number of aryl methyl sites for hydroxylation is 1. The zero-order chi connectivity index (χ0) is 17.6. The van der Waals surface area contributed by atoms with Gasteiger partial charge in [0.25, 0.3) is 0 Å². The Morgan fingerprint density at radius 1 is 1.24 bits per heavy atom. The number of aliphatic hydroxyl groups excluding tert-OH is 1. The maximum absolute atomic E-state index is 12.6. The summed E-state index contributed by atoms with van der Waals surface area (Å²) in [6, 6.07) is 5.89. The third-order valence-corrected chi connectivity index (χ3v) is 4.78. The Kier molecular flexibility index (Phi) is 6.12. The predicted molar refractivity (Wildman–Crippen MR) is 96.2 cm³/mol. The molecular weight excluding hydrogens is 322 g/mol. The van der Waals surface area contributed by atoms with Crippen LogP contribution in [0.5, 0.6) is 0 Å². The van der Waals surface area contributed by atoms with Gasteiger partial charge in [0.1, 0.15) is 0 Å². The van der Waals surface area contributed by atoms with E-state index in [1.54, 1.807) is 4.90 Å². The molecule has 7 heteroatoms. The van der Waals surface area contributed by atoms with Crippen LogP contribution in [-0.2, 0) is 9.47 Å². The van der Waals surface area contributed by atoms with Crippen molar-refractivity contribution >= 4 is 17.4 Å². The van der Waals surface area contributed by atoms with Crippen LogP contribution in [0.4, 0.5) is 16.2 Å². The average Bonchev–Trinajstić information content (AvgIpc) is 2.65. The summed E-state index contributed by atoms with van der Waals surface area (Å²) in [5.41, 5.74) is 3.00. The second-order valence-electron chi connectivity index (χ2n) is 6.46. The van der Waals surface area contributed by atoms with Crippen molar-refractivity contribution in [2.45, 2.75) is 19.4 Å². The molecule has 2 saturated heterocycles. The highest BCUT2D eigenvalue weighted by atomic mass is 16.5. The molecule has 1 atom stereocenters. The third kappa shape index (κ3) is 4.42. The van der Waals surface area contributed by atoms with E-state index in [1.807, 2.05) is 19.1 Å². The van der Waals surface area contributed by atoms with Crippen LogP contribution in [0.2, 0.25) is 0 Å². The summed E-state index contributed by atoms with van der Waals surface area (Å²) in [5.74, 6) is 0. The Morgan fingerprint density at radius 3 is 2.72 bits per heavy atom. The van der Waals surface area contributed by atoms with E-state index in [9.17, 15) is 9.90 Å². The molecule has 0 aliphatic carbocycles. The molecule has 2 aliphatic heterocycles. The summed E-state index contributed by atoms with van der Waals surface area (Å²) in [7, 11) is 0. The van der Waals surface area contributed by atoms with Crippen LogP contribution in [0.1, 0.15) is 12.0 Å². The first-order valence-electron chi connectivity index (χ1n) is 8.88. The van der Waals surface area contributed by atoms with Crippen molar-refractivity contribution < 1.29 is 19.4 Å². The SMILES string of the molecule is Cc1cc(N2CCOCC2)ccc1NC(=O)N1CCOC[C@@H]1CCO. The number of urea groups is 1. The average molecular weight is 349 g/mol. The highest BCUT2D eigenvalue weighted by Crippen LogP contribution is 2.24. The molecule has 0 saturated carbocycles. The van der Waals surface area contributed by atoms with E-state index in [-0.39, 0.29) is 18.7 Å². The number of carbonyl (C=O) groups is 1. The van der Waals surface area contributed by atoms with Crippen molar-refractivity contribution in [3.05, 3.63) is 23.8 Å². The molecule has 7 nitrogen and oxygen atoms in total. The molecule has 3 rings (SSSR count). The van der Waals surface area contributed by atoms with Gasteiger partial charge in [-0.15, -0.1) is 0 Å². The molecule has 1 aromatic rings. The molecule has 2 amide bonds. The quantitative estimate of drug-likeness (QED) is 0.861. The molecule has 25 heavy (non-hydrogen) atoms. The van der Waals surface area contributed by atoms with Gasteiger partial charge in [-0.2, -0.15) is 0 Å². The normalized spacial score (nSPS) is 21.3. The monoisotopic (exact) mass is 349 g/mol. The topological polar surface area (TPSA) is 74.3 Å². The number of morpholine rings is 2. The minimum Gasteiger partial charge on any atom is -0.396 e. The fourth-order valence-electron chi connectivity index (χ4n) is 3.30. The Hall–Kier alpha value is -1.83. The molecular formula is C18H27N3O4. The molecule has 0 unspecified atom stereocenters. The van der Waals surface area contributed by atoms with Crippen LogP contribution in [0, 0.1) is 6.92 Å². The number of rotatable bonds is 4. The molecule has 0 spiro atoms. The minimum absolute atomic E-state index is 0.0467. The first kappa shape index (κ1) is 18.0. The smallest absolute Gasteiger partial charge is 0.322 e. The highest BCUT2D eigenvalue weighted by molar-refractivity contribution is 5.90. The van der Waals surface area contributed by atoms with E-state index in [0.717, 1.165) is 43.2 Å². The number of aliphatic hydroxyl groups is 1. The Labute approximate surface area is 148 Å². The number of anilines is 2. The van der Waals surface area contributed by atoms with E-state index >= 15 is 0 Å². The lowest BCUT2D eigenvalue weighted by molar-refractivity contribution is 0.00728. The van der Waals surface area contributed by atoms with Gasteiger partial charge in [-0.25, -0.2) is 4.79 Å². The Bertz CT molecular complexity index is 588. The van der Waals surface area contributed by atoms with Gasteiger partial charge in [0, 0.05) is 37.6 Å². The molecule has 138 valence electrons. The van der Waals surface area contributed by atoms with Crippen LogP contribution in [-0.4, -0.2) is 74.7 Å². The Balaban J connectivity index is 1.66. The van der Waals surface area contributed by atoms with Crippen molar-refractivity contribution in [2.24, 2.45) is 0 Å². The molecule has 2 heterocycles. The third-order valence-electron chi connectivity index (χ3n) is 4.78. The molecule has 0 aromatic heterocycles. The number of hydrogen-bond donors (Lipinski definition) is 2. The predicted octanol–water partition coefficient (Wildman–Crippen LogP) is 1.45. The van der Waals surface area contributed by atoms with E-state index in [1.165, 1.54) is 0 Å². The number of hydrogen-bond acceptors (Lipinski definition) is 5. The lowest BCUT2D eigenvalue weighted by atomic mass is 10.1. The van der Waals surface area contributed by atoms with Gasteiger partial charge in [0.2, 0.25) is 0 Å². The van der Waals surface area contributed by atoms with Crippen LogP contribution in [0.15, 0.2) is 18.2 Å². The van der Waals surface area contributed by atoms with Crippen molar-refractivity contribution in [3.8, 4) is 0 Å². The molecule has 0 radical (unpaired) electrons. The summed E-state index contributed by atoms with van der Waals surface area (Å²) >= 11 is 0. The number of nitrogens with one attached hydrogen (secondary N) is 1. The minimum atomic E-state index is -0.135. The second kappa shape index (κ2) is 8.51. The summed E-state index contributed by atoms with van der Waals surface area (Å²) < 4.78 is 10.8. The van der Waals surface area contributed by atoms with Gasteiger partial charge in [-0.3, -0.25) is 0 Å². The summed E-state index contributed by atoms with van der Waals surface area (Å²) in [4.78, 5) is 16.7. The number of carbonyl (C=O) groups excluding carboxylic acids is 1. The number of benzene rings is 1. The van der Waals surface area contributed by atoms with Crippen molar-refractivity contribution in [2.75, 3.05) is 62.9 Å². The number of amides is 2. The lowest BCUT2D eigenvalue weighted by Crippen LogP contribution is -2.50. The van der Waals surface area contributed by atoms with Crippen molar-refractivity contribution in [3.63, 3.8) is 0 Å². The van der Waals surface area contributed by atoms with E-state index in [4.69, 9.17) is 9.47 Å². The Morgan fingerprint density at radius 2 is 2.00 bits per heavy atom. The largest absolute Gasteiger partial charge is 0.396 e. The first-order valence-corrected chi connectivity index (χ1v) is 8.88. The van der Waals surface area contributed by atoms with Gasteiger partial charge in [-0.05, 0) is 37.1 Å². The fraction of sp³-hybridized carbons (Fsp3) is 0.611. The molecule has 2 N–H and O–H groups in total. The van der Waals surface area contributed by atoms with E-state index in [0.29, 0.717) is 26.2 Å². The summed E-state index contributed by atoms with van der Waals surface area (Å²) in [6.45, 7) is 6.88. The van der Waals surface area contributed by atoms with E-state index < -0.39 is 0 Å². The molecule has 2 fully saturated rings. The van der Waals surface area contributed by atoms with Crippen LogP contribution >= 0.6 is 0 Å². The molecule has 0 bridgehead atoms. The standard InChI is InChI=1S/C18H27N3O4/c1-14-12-15(20-5-9-24-10-6-20)2-3-17(14)19-18(23)21-7-11-25-13-16(21)4-8-22/h2-3,12,16,22H,4-11,13H2,1H3,(H,19,23)/t16-/m0/s1. The van der Waals surface area contributed by atoms with Crippen LogP contribution in [0.25, 0.3) is 0 Å². The van der Waals surface area contributed by atoms with Crippen LogP contribution < -0.4 is 10.2 Å². The summed E-state index contributed by atoms with van der Waals surface area (Å²) in [6.07, 6.45) is 0.530.